The highest BCUT2D eigenvalue weighted by Crippen LogP contribution is 2.29. The predicted molar refractivity (Wildman–Crippen MR) is 81.7 cm³/mol. The quantitative estimate of drug-likeness (QED) is 0.667. The number of carboxylic acid groups (broad SMARTS) is 1. The van der Waals surface area contributed by atoms with Gasteiger partial charge in [-0.2, -0.15) is 0 Å². The lowest BCUT2D eigenvalue weighted by Gasteiger charge is -2.14. The molecule has 0 bridgehead atoms. The Bertz CT molecular complexity index is 744. The van der Waals surface area contributed by atoms with Crippen molar-refractivity contribution in [1.29, 1.82) is 0 Å². The van der Waals surface area contributed by atoms with Crippen molar-refractivity contribution in [1.82, 2.24) is 0 Å². The summed E-state index contributed by atoms with van der Waals surface area (Å²) in [4.78, 5) is 23.5. The van der Waals surface area contributed by atoms with Crippen LogP contribution < -0.4 is 5.73 Å². The number of hydrogen-bond donors (Lipinski definition) is 2. The monoisotopic (exact) mass is 321 g/mol. The molecule has 0 saturated carbocycles. The van der Waals surface area contributed by atoms with E-state index in [0.717, 1.165) is 12.1 Å². The van der Waals surface area contributed by atoms with Crippen LogP contribution in [0.25, 0.3) is 0 Å². The van der Waals surface area contributed by atoms with Gasteiger partial charge in [0, 0.05) is 21.8 Å². The maximum Gasteiger partial charge on any atom is 0.310 e. The lowest BCUT2D eigenvalue weighted by Crippen LogP contribution is -2.14. The molecule has 0 fully saturated rings. The SMILES string of the molecule is CC(C(=O)O)c1cc(F)cc(C(=O)c2ccc(Cl)cc2)c1N. The predicted octanol–water partition coefficient (Wildman–Crippen LogP) is 3.48. The summed E-state index contributed by atoms with van der Waals surface area (Å²) in [7, 11) is 0. The van der Waals surface area contributed by atoms with Crippen LogP contribution >= 0.6 is 11.6 Å². The van der Waals surface area contributed by atoms with Crippen molar-refractivity contribution < 1.29 is 19.1 Å². The van der Waals surface area contributed by atoms with Gasteiger partial charge in [-0.15, -0.1) is 0 Å². The Morgan fingerprint density at radius 2 is 1.82 bits per heavy atom. The zero-order valence-corrected chi connectivity index (χ0v) is 12.4. The van der Waals surface area contributed by atoms with Crippen LogP contribution in [0.15, 0.2) is 36.4 Å². The molecule has 6 heteroatoms. The first-order chi connectivity index (χ1) is 10.3. The maximum absolute atomic E-state index is 13.7. The van der Waals surface area contributed by atoms with Crippen LogP contribution in [0.5, 0.6) is 0 Å². The Morgan fingerprint density at radius 3 is 2.36 bits per heavy atom. The van der Waals surface area contributed by atoms with Gasteiger partial charge in [0.1, 0.15) is 5.82 Å². The van der Waals surface area contributed by atoms with Gasteiger partial charge in [-0.1, -0.05) is 11.6 Å². The van der Waals surface area contributed by atoms with Crippen LogP contribution in [-0.2, 0) is 4.79 Å². The summed E-state index contributed by atoms with van der Waals surface area (Å²) in [6.45, 7) is 1.38. The number of benzene rings is 2. The van der Waals surface area contributed by atoms with Crippen LogP contribution in [-0.4, -0.2) is 16.9 Å². The molecule has 22 heavy (non-hydrogen) atoms. The van der Waals surface area contributed by atoms with E-state index in [-0.39, 0.29) is 22.4 Å². The number of carbonyl (C=O) groups is 2. The third-order valence-corrected chi connectivity index (χ3v) is 3.62. The Labute approximate surface area is 131 Å². The van der Waals surface area contributed by atoms with Gasteiger partial charge < -0.3 is 10.8 Å². The number of nitrogens with two attached hydrogens (primary N) is 1. The van der Waals surface area contributed by atoms with E-state index in [1.807, 2.05) is 0 Å². The second kappa shape index (κ2) is 6.15. The Hall–Kier alpha value is -2.40. The standard InChI is InChI=1S/C16H13ClFNO3/c1-8(16(21)22)12-6-11(18)7-13(14(12)19)15(20)9-2-4-10(17)5-3-9/h2-8H,19H2,1H3,(H,21,22). The largest absolute Gasteiger partial charge is 0.481 e. The zero-order chi connectivity index (χ0) is 16.4. The molecular weight excluding hydrogens is 309 g/mol. The van der Waals surface area contributed by atoms with Crippen molar-refractivity contribution in [2.75, 3.05) is 5.73 Å². The van der Waals surface area contributed by atoms with Crippen LogP contribution in [0.4, 0.5) is 10.1 Å². The molecular formula is C16H13ClFNO3. The minimum atomic E-state index is -1.15. The van der Waals surface area contributed by atoms with Crippen LogP contribution in [0.2, 0.25) is 5.02 Å². The van der Waals surface area contributed by atoms with Crippen molar-refractivity contribution in [3.05, 3.63) is 63.9 Å². The lowest BCUT2D eigenvalue weighted by atomic mass is 9.93. The average Bonchev–Trinajstić information content (AvgIpc) is 2.48. The van der Waals surface area contributed by atoms with E-state index in [0.29, 0.717) is 5.02 Å². The van der Waals surface area contributed by atoms with Gasteiger partial charge in [0.15, 0.2) is 5.78 Å². The van der Waals surface area contributed by atoms with Crippen molar-refractivity contribution in [2.24, 2.45) is 0 Å². The molecule has 0 aliphatic heterocycles. The van der Waals surface area contributed by atoms with Gasteiger partial charge >= 0.3 is 5.97 Å². The van der Waals surface area contributed by atoms with Gasteiger partial charge in [0.25, 0.3) is 0 Å². The molecule has 0 spiro atoms. The normalized spacial score (nSPS) is 12.0. The highest BCUT2D eigenvalue weighted by atomic mass is 35.5. The molecule has 0 aromatic heterocycles. The molecule has 0 aliphatic rings. The van der Waals surface area contributed by atoms with E-state index < -0.39 is 23.5 Å². The number of hydrogen-bond acceptors (Lipinski definition) is 3. The number of aliphatic carboxylic acids is 1. The van der Waals surface area contributed by atoms with E-state index in [1.54, 1.807) is 0 Å². The number of anilines is 1. The van der Waals surface area contributed by atoms with Gasteiger partial charge in [-0.05, 0) is 48.9 Å². The summed E-state index contributed by atoms with van der Waals surface area (Å²) in [5, 5.41) is 9.51. The number of ketones is 1. The molecule has 0 aliphatic carbocycles. The van der Waals surface area contributed by atoms with Crippen molar-refractivity contribution in [2.45, 2.75) is 12.8 Å². The summed E-state index contributed by atoms with van der Waals surface area (Å²) in [6, 6.07) is 8.10. The van der Waals surface area contributed by atoms with E-state index >= 15 is 0 Å². The van der Waals surface area contributed by atoms with Crippen molar-refractivity contribution >= 4 is 29.0 Å². The summed E-state index contributed by atoms with van der Waals surface area (Å²) in [6.07, 6.45) is 0. The minimum absolute atomic E-state index is 0.0312. The number of carbonyl (C=O) groups excluding carboxylic acids is 1. The third kappa shape index (κ3) is 3.09. The number of rotatable bonds is 4. The molecule has 4 nitrogen and oxygen atoms in total. The van der Waals surface area contributed by atoms with E-state index in [1.165, 1.54) is 31.2 Å². The zero-order valence-electron chi connectivity index (χ0n) is 11.6. The molecule has 0 radical (unpaired) electrons. The molecule has 114 valence electrons. The average molecular weight is 322 g/mol. The maximum atomic E-state index is 13.7. The van der Waals surface area contributed by atoms with E-state index in [9.17, 15) is 14.0 Å². The smallest absolute Gasteiger partial charge is 0.310 e. The van der Waals surface area contributed by atoms with Gasteiger partial charge in [-0.25, -0.2) is 4.39 Å². The van der Waals surface area contributed by atoms with E-state index in [4.69, 9.17) is 22.4 Å². The van der Waals surface area contributed by atoms with Crippen LogP contribution in [0, 0.1) is 5.82 Å². The molecule has 1 atom stereocenters. The second-order valence-corrected chi connectivity index (χ2v) is 5.29. The van der Waals surface area contributed by atoms with Gasteiger partial charge in [0.05, 0.1) is 5.92 Å². The lowest BCUT2D eigenvalue weighted by molar-refractivity contribution is -0.138. The second-order valence-electron chi connectivity index (χ2n) is 4.85. The molecule has 2 aromatic carbocycles. The molecule has 0 saturated heterocycles. The molecule has 1 unspecified atom stereocenters. The molecule has 2 aromatic rings. The van der Waals surface area contributed by atoms with Crippen LogP contribution in [0.3, 0.4) is 0 Å². The first kappa shape index (κ1) is 16.0. The van der Waals surface area contributed by atoms with Crippen molar-refractivity contribution in [3.8, 4) is 0 Å². The summed E-state index contributed by atoms with van der Waals surface area (Å²) in [5.41, 5.74) is 6.15. The Balaban J connectivity index is 2.53. The number of nitrogen functional groups attached to an aromatic ring is 1. The molecule has 3 N–H and O–H groups in total. The molecule has 2 rings (SSSR count). The fourth-order valence-electron chi connectivity index (χ4n) is 2.08. The summed E-state index contributed by atoms with van der Waals surface area (Å²) < 4.78 is 13.7. The Kier molecular flexibility index (Phi) is 4.47. The van der Waals surface area contributed by atoms with Crippen LogP contribution in [0.1, 0.15) is 34.3 Å². The van der Waals surface area contributed by atoms with Gasteiger partial charge in [-0.3, -0.25) is 9.59 Å². The van der Waals surface area contributed by atoms with Gasteiger partial charge in [0.2, 0.25) is 0 Å². The first-order valence-corrected chi connectivity index (χ1v) is 6.81. The topological polar surface area (TPSA) is 80.4 Å². The van der Waals surface area contributed by atoms with E-state index in [2.05, 4.69) is 0 Å². The summed E-state index contributed by atoms with van der Waals surface area (Å²) >= 11 is 5.76. The number of carboxylic acids is 1. The Morgan fingerprint density at radius 1 is 1.23 bits per heavy atom. The third-order valence-electron chi connectivity index (χ3n) is 3.36. The highest BCUT2D eigenvalue weighted by Gasteiger charge is 2.23. The van der Waals surface area contributed by atoms with Crippen molar-refractivity contribution in [3.63, 3.8) is 0 Å². The number of halogens is 2. The summed E-state index contributed by atoms with van der Waals surface area (Å²) in [5.74, 6) is -3.38. The molecule has 0 amide bonds. The molecule has 0 heterocycles. The fraction of sp³-hybridized carbons (Fsp3) is 0.125. The minimum Gasteiger partial charge on any atom is -0.481 e. The fourth-order valence-corrected chi connectivity index (χ4v) is 2.20. The highest BCUT2D eigenvalue weighted by molar-refractivity contribution is 6.30. The first-order valence-electron chi connectivity index (χ1n) is 6.43.